The van der Waals surface area contributed by atoms with Crippen LogP contribution >= 0.6 is 0 Å². The lowest BCUT2D eigenvalue weighted by Gasteiger charge is -2.12. The molecule has 0 saturated heterocycles. The van der Waals surface area contributed by atoms with Crippen LogP contribution in [0, 0.1) is 23.3 Å². The van der Waals surface area contributed by atoms with E-state index in [2.05, 4.69) is 0 Å². The molecule has 3 nitrogen and oxygen atoms in total. The van der Waals surface area contributed by atoms with Crippen molar-refractivity contribution in [2.45, 2.75) is 37.5 Å². The fourth-order valence-electron chi connectivity index (χ4n) is 2.44. The monoisotopic (exact) mass is 376 g/mol. The lowest BCUT2D eigenvalue weighted by atomic mass is 9.96. The largest absolute Gasteiger partial charge is 0.300 e. The van der Waals surface area contributed by atoms with Gasteiger partial charge in [-0.3, -0.25) is 4.55 Å². The number of halogens is 4. The van der Waals surface area contributed by atoms with Crippen LogP contribution < -0.4 is 0 Å². The van der Waals surface area contributed by atoms with Crippen LogP contribution in [0.25, 0.3) is 0 Å². The van der Waals surface area contributed by atoms with E-state index in [-0.39, 0.29) is 5.92 Å². The van der Waals surface area contributed by atoms with Gasteiger partial charge >= 0.3 is 10.1 Å². The number of hydrogen-bond donors (Lipinski definition) is 1. The first-order valence-electron chi connectivity index (χ1n) is 7.49. The Bertz CT molecular complexity index is 864. The molecule has 0 radical (unpaired) electrons. The molecule has 2 rings (SSSR count). The van der Waals surface area contributed by atoms with Gasteiger partial charge in [0.25, 0.3) is 0 Å². The highest BCUT2D eigenvalue weighted by atomic mass is 32.2. The summed E-state index contributed by atoms with van der Waals surface area (Å²) in [7, 11) is -5.45. The first-order valence-corrected chi connectivity index (χ1v) is 8.93. The summed E-state index contributed by atoms with van der Waals surface area (Å²) in [5.74, 6) is -7.71. The van der Waals surface area contributed by atoms with Crippen LogP contribution in [0.15, 0.2) is 29.2 Å². The molecule has 0 aromatic heterocycles. The average molecular weight is 376 g/mol. The molecule has 0 aliphatic carbocycles. The molecule has 0 amide bonds. The van der Waals surface area contributed by atoms with Crippen molar-refractivity contribution >= 4 is 10.1 Å². The Balaban J connectivity index is 2.48. The predicted molar refractivity (Wildman–Crippen MR) is 84.0 cm³/mol. The highest BCUT2D eigenvalue weighted by Gasteiger charge is 2.31. The maximum atomic E-state index is 14.0. The van der Waals surface area contributed by atoms with Gasteiger partial charge in [0.05, 0.1) is 0 Å². The Hall–Kier alpha value is -1.93. The first kappa shape index (κ1) is 19.4. The third kappa shape index (κ3) is 3.85. The Morgan fingerprint density at radius 1 is 0.960 bits per heavy atom. The van der Waals surface area contributed by atoms with E-state index in [1.54, 1.807) is 24.3 Å². The zero-order chi connectivity index (χ0) is 18.9. The Morgan fingerprint density at radius 3 is 1.84 bits per heavy atom. The fourth-order valence-corrected chi connectivity index (χ4v) is 3.07. The zero-order valence-corrected chi connectivity index (χ0v) is 14.3. The molecule has 0 aliphatic heterocycles. The van der Waals surface area contributed by atoms with Gasteiger partial charge in [-0.25, -0.2) is 17.6 Å². The maximum absolute atomic E-state index is 14.0. The molecule has 0 fully saturated rings. The predicted octanol–water partition coefficient (Wildman–Crippen LogP) is 4.59. The van der Waals surface area contributed by atoms with Gasteiger partial charge in [0, 0.05) is 12.0 Å². The topological polar surface area (TPSA) is 54.4 Å². The van der Waals surface area contributed by atoms with E-state index in [1.165, 1.54) is 0 Å². The lowest BCUT2D eigenvalue weighted by molar-refractivity contribution is 0.396. The van der Waals surface area contributed by atoms with Gasteiger partial charge < -0.3 is 0 Å². The first-order chi connectivity index (χ1) is 11.6. The quantitative estimate of drug-likeness (QED) is 0.472. The molecule has 0 aliphatic rings. The van der Waals surface area contributed by atoms with Gasteiger partial charge in [0.15, 0.2) is 28.2 Å². The van der Waals surface area contributed by atoms with Crippen LogP contribution in [-0.4, -0.2) is 13.0 Å². The van der Waals surface area contributed by atoms with E-state index in [0.717, 1.165) is 12.0 Å². The summed E-state index contributed by atoms with van der Waals surface area (Å²) >= 11 is 0. The minimum atomic E-state index is -5.45. The van der Waals surface area contributed by atoms with Gasteiger partial charge in [0.2, 0.25) is 0 Å². The van der Waals surface area contributed by atoms with Gasteiger partial charge in [-0.05, 0) is 23.5 Å². The maximum Gasteiger partial charge on any atom is 0.300 e. The number of rotatable bonds is 5. The van der Waals surface area contributed by atoms with Gasteiger partial charge in [-0.15, -0.1) is 0 Å². The third-order valence-corrected chi connectivity index (χ3v) is 4.99. The Kier molecular flexibility index (Phi) is 5.53. The molecular weight excluding hydrogens is 360 g/mol. The summed E-state index contributed by atoms with van der Waals surface area (Å²) in [6.07, 6.45) is 0.425. The highest BCUT2D eigenvalue weighted by Crippen LogP contribution is 2.29. The van der Waals surface area contributed by atoms with Crippen LogP contribution in [0.2, 0.25) is 0 Å². The summed E-state index contributed by atoms with van der Waals surface area (Å²) in [6, 6.07) is 6.65. The minimum absolute atomic E-state index is 0.284. The van der Waals surface area contributed by atoms with Crippen LogP contribution in [0.4, 0.5) is 17.6 Å². The van der Waals surface area contributed by atoms with Crippen LogP contribution in [0.1, 0.15) is 42.9 Å². The Morgan fingerprint density at radius 2 is 1.44 bits per heavy atom. The summed E-state index contributed by atoms with van der Waals surface area (Å²) in [4.78, 5) is -2.03. The second kappa shape index (κ2) is 7.13. The highest BCUT2D eigenvalue weighted by molar-refractivity contribution is 7.85. The molecule has 0 heterocycles. The summed E-state index contributed by atoms with van der Waals surface area (Å²) in [6.45, 7) is 4.01. The van der Waals surface area contributed by atoms with Crippen molar-refractivity contribution in [3.63, 3.8) is 0 Å². The van der Waals surface area contributed by atoms with Crippen molar-refractivity contribution in [2.75, 3.05) is 0 Å². The normalized spacial score (nSPS) is 13.1. The molecule has 2 aromatic rings. The lowest BCUT2D eigenvalue weighted by Crippen LogP contribution is -2.13. The fraction of sp³-hybridized carbons (Fsp3) is 0.294. The number of benzene rings is 2. The van der Waals surface area contributed by atoms with Crippen molar-refractivity contribution in [3.05, 3.63) is 64.2 Å². The average Bonchev–Trinajstić information content (AvgIpc) is 2.55. The van der Waals surface area contributed by atoms with Crippen molar-refractivity contribution in [1.29, 1.82) is 0 Å². The van der Waals surface area contributed by atoms with Crippen LogP contribution in [0.5, 0.6) is 0 Å². The van der Waals surface area contributed by atoms with Gasteiger partial charge in [0.1, 0.15) is 0 Å². The Labute approximate surface area is 143 Å². The molecule has 1 unspecified atom stereocenters. The van der Waals surface area contributed by atoms with E-state index in [1.807, 2.05) is 13.8 Å². The molecular formula is C17H16F4O3S. The van der Waals surface area contributed by atoms with Gasteiger partial charge in [-0.2, -0.15) is 8.42 Å². The van der Waals surface area contributed by atoms with Crippen molar-refractivity contribution in [3.8, 4) is 0 Å². The SMILES string of the molecule is CCC(C)c1ccc(Cc2c(F)c(F)c(S(=O)(=O)O)c(F)c2F)cc1. The molecule has 136 valence electrons. The van der Waals surface area contributed by atoms with E-state index >= 15 is 0 Å². The molecule has 0 saturated carbocycles. The molecule has 8 heteroatoms. The second-order valence-electron chi connectivity index (χ2n) is 5.77. The number of hydrogen-bond acceptors (Lipinski definition) is 2. The molecule has 2 aromatic carbocycles. The van der Waals surface area contributed by atoms with Crippen LogP contribution in [-0.2, 0) is 16.5 Å². The van der Waals surface area contributed by atoms with E-state index in [9.17, 15) is 26.0 Å². The minimum Gasteiger partial charge on any atom is -0.282 e. The van der Waals surface area contributed by atoms with Crippen LogP contribution in [0.3, 0.4) is 0 Å². The summed E-state index contributed by atoms with van der Waals surface area (Å²) < 4.78 is 86.2. The zero-order valence-electron chi connectivity index (χ0n) is 13.5. The van der Waals surface area contributed by atoms with E-state index in [4.69, 9.17) is 4.55 Å². The molecule has 25 heavy (non-hydrogen) atoms. The van der Waals surface area contributed by atoms with Gasteiger partial charge in [-0.1, -0.05) is 38.1 Å². The molecule has 0 spiro atoms. The second-order valence-corrected chi connectivity index (χ2v) is 7.12. The third-order valence-electron chi connectivity index (χ3n) is 4.11. The molecule has 1 atom stereocenters. The van der Waals surface area contributed by atoms with E-state index in [0.29, 0.717) is 5.56 Å². The van der Waals surface area contributed by atoms with Crippen molar-refractivity contribution < 1.29 is 30.5 Å². The molecule has 1 N–H and O–H groups in total. The standard InChI is InChI=1S/C17H16F4O3S/c1-3-9(2)11-6-4-10(5-7-11)8-12-13(18)15(20)17(25(22,23)24)16(21)14(12)19/h4-7,9H,3,8H2,1-2H3,(H,22,23,24). The van der Waals surface area contributed by atoms with E-state index < -0.39 is 50.3 Å². The van der Waals surface area contributed by atoms with Crippen molar-refractivity contribution in [1.82, 2.24) is 0 Å². The summed E-state index contributed by atoms with van der Waals surface area (Å²) in [5.41, 5.74) is 0.452. The van der Waals surface area contributed by atoms with Crippen molar-refractivity contribution in [2.24, 2.45) is 0 Å². The smallest absolute Gasteiger partial charge is 0.282 e. The summed E-state index contributed by atoms with van der Waals surface area (Å²) in [5, 5.41) is 0. The molecule has 0 bridgehead atoms.